The molecule has 3 heteroatoms. The van der Waals surface area contributed by atoms with E-state index < -0.39 is 0 Å². The first-order chi connectivity index (χ1) is 10.1. The topological polar surface area (TPSA) is 15.6 Å². The van der Waals surface area contributed by atoms with Crippen LogP contribution in [-0.4, -0.2) is 6.72 Å². The molecule has 21 heavy (non-hydrogen) atoms. The Morgan fingerprint density at radius 1 is 1.24 bits per heavy atom. The van der Waals surface area contributed by atoms with Crippen LogP contribution in [0.5, 0.6) is 0 Å². The van der Waals surface area contributed by atoms with E-state index in [0.717, 1.165) is 29.8 Å². The van der Waals surface area contributed by atoms with E-state index in [1.54, 1.807) is 17.1 Å². The molecule has 2 nitrogen and oxygen atoms in total. The molecule has 110 valence electrons. The molecule has 1 aliphatic rings. The van der Waals surface area contributed by atoms with Gasteiger partial charge in [-0.05, 0) is 68.2 Å². The van der Waals surface area contributed by atoms with Crippen molar-refractivity contribution in [3.63, 3.8) is 0 Å². The van der Waals surface area contributed by atoms with Gasteiger partial charge < -0.3 is 0 Å². The minimum absolute atomic E-state index is 0.254. The maximum Gasteiger partial charge on any atom is 0.123 e. The van der Waals surface area contributed by atoms with Crippen LogP contribution in [0.15, 0.2) is 63.9 Å². The van der Waals surface area contributed by atoms with Crippen LogP contribution in [-0.2, 0) is 0 Å². The Bertz CT molecular complexity index is 621. The van der Waals surface area contributed by atoms with Gasteiger partial charge in [-0.3, -0.25) is 0 Å². The monoisotopic (exact) mass is 284 g/mol. The summed E-state index contributed by atoms with van der Waals surface area (Å²) in [5, 5.41) is 5.91. The molecular weight excluding hydrogens is 263 g/mol. The summed E-state index contributed by atoms with van der Waals surface area (Å²) in [5.41, 5.74) is 5.55. The Balaban J connectivity index is 2.52. The second-order valence-corrected chi connectivity index (χ2v) is 5.19. The molecule has 2 rings (SSSR count). The molecule has 0 aliphatic heterocycles. The summed E-state index contributed by atoms with van der Waals surface area (Å²) >= 11 is 0. The van der Waals surface area contributed by atoms with Gasteiger partial charge in [0, 0.05) is 6.72 Å². The lowest BCUT2D eigenvalue weighted by atomic mass is 10.1. The molecule has 0 spiro atoms. The molecule has 0 saturated carbocycles. The number of anilines is 1. The summed E-state index contributed by atoms with van der Waals surface area (Å²) in [6.45, 7) is 10.0. The molecule has 0 radical (unpaired) electrons. The summed E-state index contributed by atoms with van der Waals surface area (Å²) in [7, 11) is 0. The van der Waals surface area contributed by atoms with Crippen LogP contribution < -0.4 is 5.01 Å². The minimum Gasteiger partial charge on any atom is -0.234 e. The number of allylic oxidation sites excluding steroid dienone is 5. The number of hydrogen-bond acceptors (Lipinski definition) is 2. The van der Waals surface area contributed by atoms with Crippen molar-refractivity contribution in [1.82, 2.24) is 0 Å². The first kappa shape index (κ1) is 15.2. The Morgan fingerprint density at radius 2 is 1.90 bits per heavy atom. The lowest BCUT2D eigenvalue weighted by Gasteiger charge is -2.22. The normalized spacial score (nSPS) is 15.2. The third-order valence-corrected chi connectivity index (χ3v) is 3.88. The third kappa shape index (κ3) is 3.30. The van der Waals surface area contributed by atoms with E-state index in [0.29, 0.717) is 0 Å². The molecule has 0 aromatic heterocycles. The number of hydrogen-bond donors (Lipinski definition) is 0. The summed E-state index contributed by atoms with van der Waals surface area (Å²) in [6, 6.07) is 6.31. The Hall–Kier alpha value is -2.16. The second-order valence-electron chi connectivity index (χ2n) is 5.19. The van der Waals surface area contributed by atoms with E-state index in [1.807, 2.05) is 0 Å². The van der Waals surface area contributed by atoms with E-state index >= 15 is 0 Å². The Labute approximate surface area is 126 Å². The van der Waals surface area contributed by atoms with Crippen molar-refractivity contribution in [2.24, 2.45) is 5.10 Å². The molecule has 1 aliphatic carbocycles. The number of halogens is 1. The number of hydrazone groups is 1. The van der Waals surface area contributed by atoms with Gasteiger partial charge in [-0.2, -0.15) is 5.10 Å². The van der Waals surface area contributed by atoms with Crippen LogP contribution in [0.25, 0.3) is 0 Å². The lowest BCUT2D eigenvalue weighted by molar-refractivity contribution is 0.627. The van der Waals surface area contributed by atoms with Crippen LogP contribution in [0.1, 0.15) is 33.6 Å². The highest BCUT2D eigenvalue weighted by atomic mass is 19.1. The average Bonchev–Trinajstić information content (AvgIpc) is 2.63. The van der Waals surface area contributed by atoms with Crippen molar-refractivity contribution < 1.29 is 4.39 Å². The fourth-order valence-electron chi connectivity index (χ4n) is 2.35. The fourth-order valence-corrected chi connectivity index (χ4v) is 2.35. The third-order valence-electron chi connectivity index (χ3n) is 3.88. The van der Waals surface area contributed by atoms with E-state index in [4.69, 9.17) is 0 Å². The van der Waals surface area contributed by atoms with Crippen molar-refractivity contribution in [3.8, 4) is 0 Å². The minimum atomic E-state index is -0.254. The summed E-state index contributed by atoms with van der Waals surface area (Å²) < 4.78 is 13.1. The molecule has 0 saturated heterocycles. The van der Waals surface area contributed by atoms with E-state index in [9.17, 15) is 4.39 Å². The number of benzene rings is 1. The largest absolute Gasteiger partial charge is 0.234 e. The number of nitrogens with zero attached hydrogens (tertiary/aromatic N) is 2. The Kier molecular flexibility index (Phi) is 4.73. The Morgan fingerprint density at radius 3 is 2.48 bits per heavy atom. The summed E-state index contributed by atoms with van der Waals surface area (Å²) in [4.78, 5) is 0. The van der Waals surface area contributed by atoms with Crippen molar-refractivity contribution in [1.29, 1.82) is 0 Å². The van der Waals surface area contributed by atoms with Gasteiger partial charge in [0.2, 0.25) is 0 Å². The van der Waals surface area contributed by atoms with Crippen molar-refractivity contribution in [2.45, 2.75) is 33.6 Å². The average molecular weight is 284 g/mol. The summed E-state index contributed by atoms with van der Waals surface area (Å²) in [5.74, 6) is -0.254. The van der Waals surface area contributed by atoms with Gasteiger partial charge in [0.15, 0.2) is 0 Å². The molecule has 0 fully saturated rings. The van der Waals surface area contributed by atoms with Gasteiger partial charge in [-0.25, -0.2) is 9.40 Å². The van der Waals surface area contributed by atoms with Crippen LogP contribution in [0.4, 0.5) is 10.1 Å². The van der Waals surface area contributed by atoms with Crippen molar-refractivity contribution in [3.05, 3.63) is 64.7 Å². The molecule has 0 N–H and O–H groups in total. The SMILES string of the molecule is C=NN(C1=C(C)C(C)=CCC(CC)=C1)c1ccc(F)cc1. The first-order valence-corrected chi connectivity index (χ1v) is 7.16. The van der Waals surface area contributed by atoms with Crippen LogP contribution >= 0.6 is 0 Å². The molecular formula is C18H21FN2. The number of rotatable bonds is 4. The molecule has 1 aromatic carbocycles. The summed E-state index contributed by atoms with van der Waals surface area (Å²) in [6.07, 6.45) is 6.36. The smallest absolute Gasteiger partial charge is 0.123 e. The quantitative estimate of drug-likeness (QED) is 0.547. The van der Waals surface area contributed by atoms with Gasteiger partial charge in [-0.15, -0.1) is 0 Å². The fraction of sp³-hybridized carbons (Fsp3) is 0.278. The zero-order chi connectivity index (χ0) is 15.4. The molecule has 0 unspecified atom stereocenters. The van der Waals surface area contributed by atoms with Crippen molar-refractivity contribution in [2.75, 3.05) is 5.01 Å². The maximum absolute atomic E-state index is 13.1. The predicted octanol–water partition coefficient (Wildman–Crippen LogP) is 5.21. The van der Waals surface area contributed by atoms with Gasteiger partial charge in [-0.1, -0.05) is 18.6 Å². The zero-order valence-electron chi connectivity index (χ0n) is 12.9. The zero-order valence-corrected chi connectivity index (χ0v) is 12.9. The van der Waals surface area contributed by atoms with E-state index in [-0.39, 0.29) is 5.82 Å². The lowest BCUT2D eigenvalue weighted by Crippen LogP contribution is -2.15. The maximum atomic E-state index is 13.1. The van der Waals surface area contributed by atoms with E-state index in [1.165, 1.54) is 23.3 Å². The van der Waals surface area contributed by atoms with Crippen molar-refractivity contribution >= 4 is 12.4 Å². The van der Waals surface area contributed by atoms with Gasteiger partial charge in [0.05, 0.1) is 11.4 Å². The molecule has 0 atom stereocenters. The van der Waals surface area contributed by atoms with Gasteiger partial charge in [0.1, 0.15) is 5.82 Å². The highest BCUT2D eigenvalue weighted by Crippen LogP contribution is 2.30. The highest BCUT2D eigenvalue weighted by molar-refractivity contribution is 5.59. The van der Waals surface area contributed by atoms with Gasteiger partial charge in [0.25, 0.3) is 0 Å². The van der Waals surface area contributed by atoms with Crippen LogP contribution in [0, 0.1) is 5.82 Å². The van der Waals surface area contributed by atoms with Crippen LogP contribution in [0.3, 0.4) is 0 Å². The highest BCUT2D eigenvalue weighted by Gasteiger charge is 2.15. The second kappa shape index (κ2) is 6.53. The predicted molar refractivity (Wildman–Crippen MR) is 87.9 cm³/mol. The van der Waals surface area contributed by atoms with E-state index in [2.05, 4.69) is 44.7 Å². The molecule has 0 heterocycles. The molecule has 1 aromatic rings. The first-order valence-electron chi connectivity index (χ1n) is 7.16. The van der Waals surface area contributed by atoms with Crippen LogP contribution in [0.2, 0.25) is 0 Å². The molecule has 0 bridgehead atoms. The van der Waals surface area contributed by atoms with Gasteiger partial charge >= 0.3 is 0 Å². The standard InChI is InChI=1S/C18H21FN2/c1-5-15-7-6-13(2)14(3)18(12-15)21(20-4)17-10-8-16(19)9-11-17/h6,8-12H,4-5,7H2,1-3H3. The molecule has 0 amide bonds.